The number of halogens is 2. The van der Waals surface area contributed by atoms with E-state index in [4.69, 9.17) is 42.1 Å². The van der Waals surface area contributed by atoms with E-state index in [2.05, 4.69) is 0 Å². The Morgan fingerprint density at radius 2 is 1.03 bits per heavy atom. The normalized spacial score (nSPS) is 20.6. The zero-order valence-electron chi connectivity index (χ0n) is 19.1. The maximum absolute atomic E-state index is 13.0. The van der Waals surface area contributed by atoms with E-state index < -0.39 is 47.5 Å². The van der Waals surface area contributed by atoms with Crippen LogP contribution < -0.4 is 0 Å². The second-order valence-corrected chi connectivity index (χ2v) is 8.88. The molecular weight excluding hydrogens is 511 g/mol. The van der Waals surface area contributed by atoms with Crippen LogP contribution in [-0.2, 0) is 38.1 Å². The summed E-state index contributed by atoms with van der Waals surface area (Å²) in [6.45, 7) is 0. The average molecular weight is 531 g/mol. The molecule has 4 rings (SSSR count). The summed E-state index contributed by atoms with van der Waals surface area (Å²) in [7, 11) is 2.21. The summed E-state index contributed by atoms with van der Waals surface area (Å²) in [5.74, 6) is -5.76. The average Bonchev–Trinajstić information content (AvgIpc) is 3.44. The lowest BCUT2D eigenvalue weighted by Crippen LogP contribution is -2.49. The maximum Gasteiger partial charge on any atom is 0.313 e. The molecule has 0 spiro atoms. The van der Waals surface area contributed by atoms with E-state index in [9.17, 15) is 19.2 Å². The van der Waals surface area contributed by atoms with Gasteiger partial charge in [-0.3, -0.25) is 19.2 Å². The van der Waals surface area contributed by atoms with Gasteiger partial charge in [0.15, 0.2) is 12.2 Å². The highest BCUT2D eigenvalue weighted by Crippen LogP contribution is 2.38. The van der Waals surface area contributed by atoms with Crippen LogP contribution in [0, 0.1) is 11.8 Å². The van der Waals surface area contributed by atoms with Gasteiger partial charge in [-0.1, -0.05) is 23.2 Å². The summed E-state index contributed by atoms with van der Waals surface area (Å²) in [5.41, 5.74) is 1.07. The Morgan fingerprint density at radius 3 is 1.33 bits per heavy atom. The first-order valence-corrected chi connectivity index (χ1v) is 11.5. The van der Waals surface area contributed by atoms with Crippen molar-refractivity contribution in [2.75, 3.05) is 14.2 Å². The van der Waals surface area contributed by atoms with Crippen molar-refractivity contribution >= 4 is 58.2 Å². The van der Waals surface area contributed by atoms with Gasteiger partial charge in [-0.05, 0) is 48.5 Å². The monoisotopic (exact) mass is 530 g/mol. The van der Waals surface area contributed by atoms with Crippen LogP contribution in [0.4, 0.5) is 0 Å². The number of hydrogen-bond donors (Lipinski definition) is 0. The highest BCUT2D eigenvalue weighted by Gasteiger charge is 2.54. The number of ketones is 2. The summed E-state index contributed by atoms with van der Waals surface area (Å²) in [5, 5.41) is 0.971. The summed E-state index contributed by atoms with van der Waals surface area (Å²) < 4.78 is 21.5. The van der Waals surface area contributed by atoms with Gasteiger partial charge in [-0.2, -0.15) is 0 Å². The van der Waals surface area contributed by atoms with Crippen LogP contribution in [0.2, 0.25) is 10.0 Å². The van der Waals surface area contributed by atoms with Gasteiger partial charge in [0.2, 0.25) is 11.6 Å². The van der Waals surface area contributed by atoms with Crippen molar-refractivity contribution in [2.24, 2.45) is 11.8 Å². The third kappa shape index (κ3) is 5.01. The molecular formula is C26H20Cl2O8. The second kappa shape index (κ2) is 10.6. The molecule has 186 valence electrons. The van der Waals surface area contributed by atoms with Crippen LogP contribution in [-0.4, -0.2) is 49.9 Å². The molecule has 2 aliphatic heterocycles. The molecule has 2 aromatic carbocycles. The molecule has 0 radical (unpaired) electrons. The first-order chi connectivity index (χ1) is 17.2. The van der Waals surface area contributed by atoms with Crippen molar-refractivity contribution in [2.45, 2.75) is 12.2 Å². The molecule has 0 aliphatic carbocycles. The van der Waals surface area contributed by atoms with E-state index in [0.717, 1.165) is 14.2 Å². The Balaban J connectivity index is 1.66. The Bertz CT molecular complexity index is 1160. The van der Waals surface area contributed by atoms with Gasteiger partial charge >= 0.3 is 11.9 Å². The molecule has 4 atom stereocenters. The third-order valence-corrected chi connectivity index (χ3v) is 6.36. The minimum Gasteiger partial charge on any atom is -0.481 e. The lowest BCUT2D eigenvalue weighted by molar-refractivity contribution is -0.169. The smallest absolute Gasteiger partial charge is 0.313 e. The minimum absolute atomic E-state index is 0.179. The fraction of sp³-hybridized carbons (Fsp3) is 0.231. The highest BCUT2D eigenvalue weighted by atomic mass is 35.5. The number of esters is 2. The lowest BCUT2D eigenvalue weighted by Gasteiger charge is -2.30. The van der Waals surface area contributed by atoms with Crippen LogP contribution in [0.3, 0.4) is 0 Å². The van der Waals surface area contributed by atoms with Gasteiger partial charge in [-0.25, -0.2) is 0 Å². The van der Waals surface area contributed by atoms with E-state index in [1.54, 1.807) is 48.5 Å². The molecule has 0 bridgehead atoms. The van der Waals surface area contributed by atoms with Gasteiger partial charge in [0.05, 0.1) is 14.2 Å². The Kier molecular flexibility index (Phi) is 7.47. The Labute approximate surface area is 216 Å². The molecule has 10 heteroatoms. The number of hydrogen-bond acceptors (Lipinski definition) is 8. The standard InChI is InChI=1S/C26H20Cl2O8/c1-33-25(31)21(23-17(29)11-19(35-23)13-3-7-15(27)8-4-13)22(26(32)34-2)24-18(30)12-20(36-24)14-5-9-16(28)10-6-14/h3-12,21-24H,1-2H3/t21-,22+,23+,24-. The predicted octanol–water partition coefficient (Wildman–Crippen LogP) is 3.89. The summed E-state index contributed by atoms with van der Waals surface area (Å²) in [6, 6.07) is 13.0. The fourth-order valence-corrected chi connectivity index (χ4v) is 4.35. The molecule has 0 unspecified atom stereocenters. The van der Waals surface area contributed by atoms with E-state index in [1.165, 1.54) is 12.2 Å². The minimum atomic E-state index is -1.54. The molecule has 8 nitrogen and oxygen atoms in total. The zero-order valence-corrected chi connectivity index (χ0v) is 20.6. The topological polar surface area (TPSA) is 105 Å². The van der Waals surface area contributed by atoms with Crippen molar-refractivity contribution in [1.82, 2.24) is 0 Å². The van der Waals surface area contributed by atoms with Crippen molar-refractivity contribution in [3.05, 3.63) is 81.9 Å². The summed E-state index contributed by atoms with van der Waals surface area (Å²) in [6.07, 6.45) is -0.480. The van der Waals surface area contributed by atoms with Crippen LogP contribution in [0.15, 0.2) is 60.7 Å². The number of rotatable bonds is 7. The van der Waals surface area contributed by atoms with Gasteiger partial charge < -0.3 is 18.9 Å². The Hall–Kier alpha value is -3.62. The van der Waals surface area contributed by atoms with E-state index in [0.29, 0.717) is 21.2 Å². The molecule has 2 aromatic rings. The predicted molar refractivity (Wildman–Crippen MR) is 130 cm³/mol. The van der Waals surface area contributed by atoms with Gasteiger partial charge in [0.1, 0.15) is 23.4 Å². The van der Waals surface area contributed by atoms with Crippen LogP contribution >= 0.6 is 23.2 Å². The van der Waals surface area contributed by atoms with Crippen LogP contribution in [0.1, 0.15) is 11.1 Å². The zero-order chi connectivity index (χ0) is 26.0. The quantitative estimate of drug-likeness (QED) is 0.496. The molecule has 0 aromatic heterocycles. The number of methoxy groups -OCH3 is 2. The molecule has 36 heavy (non-hydrogen) atoms. The highest BCUT2D eigenvalue weighted by molar-refractivity contribution is 6.30. The van der Waals surface area contributed by atoms with E-state index >= 15 is 0 Å². The first-order valence-electron chi connectivity index (χ1n) is 10.8. The second-order valence-electron chi connectivity index (χ2n) is 8.01. The molecule has 0 saturated heterocycles. The van der Waals surface area contributed by atoms with Crippen LogP contribution in [0.25, 0.3) is 11.5 Å². The summed E-state index contributed by atoms with van der Waals surface area (Å²) >= 11 is 11.9. The molecule has 0 fully saturated rings. The molecule has 0 saturated carbocycles. The molecule has 2 aliphatic rings. The number of carbonyl (C=O) groups excluding carboxylic acids is 4. The number of benzene rings is 2. The van der Waals surface area contributed by atoms with Crippen molar-refractivity contribution in [3.63, 3.8) is 0 Å². The molecule has 2 heterocycles. The van der Waals surface area contributed by atoms with Crippen molar-refractivity contribution < 1.29 is 38.1 Å². The van der Waals surface area contributed by atoms with Gasteiger partial charge in [0, 0.05) is 33.3 Å². The first kappa shape index (κ1) is 25.5. The summed E-state index contributed by atoms with van der Waals surface area (Å²) in [4.78, 5) is 51.8. The Morgan fingerprint density at radius 1 is 0.694 bits per heavy atom. The molecule has 0 amide bonds. The van der Waals surface area contributed by atoms with Crippen LogP contribution in [0.5, 0.6) is 0 Å². The van der Waals surface area contributed by atoms with Gasteiger partial charge in [-0.15, -0.1) is 0 Å². The molecule has 0 N–H and O–H groups in total. The third-order valence-electron chi connectivity index (χ3n) is 5.86. The number of carbonyl (C=O) groups is 4. The fourth-order valence-electron chi connectivity index (χ4n) is 4.10. The maximum atomic E-state index is 13.0. The lowest BCUT2D eigenvalue weighted by atomic mass is 9.81. The SMILES string of the molecule is COC(=O)[C@H]([C@H](C(=O)OC)[C@@H]1OC(c2ccc(Cl)cc2)=CC1=O)[C@H]1OC(c2ccc(Cl)cc2)=CC1=O. The van der Waals surface area contributed by atoms with Crippen molar-refractivity contribution in [3.8, 4) is 0 Å². The van der Waals surface area contributed by atoms with Crippen molar-refractivity contribution in [1.29, 1.82) is 0 Å². The number of ether oxygens (including phenoxy) is 4. The van der Waals surface area contributed by atoms with Gasteiger partial charge in [0.25, 0.3) is 0 Å². The largest absolute Gasteiger partial charge is 0.481 e. The van der Waals surface area contributed by atoms with E-state index in [-0.39, 0.29) is 11.5 Å². The van der Waals surface area contributed by atoms with E-state index in [1.807, 2.05) is 0 Å².